The molecule has 0 aliphatic heterocycles. The van der Waals surface area contributed by atoms with Crippen LogP contribution in [0.4, 0.5) is 0 Å². The molecule has 1 aliphatic carbocycles. The molecule has 1 saturated carbocycles. The first kappa shape index (κ1) is 82.5. The summed E-state index contributed by atoms with van der Waals surface area (Å²) in [7, 11) is 0. The lowest BCUT2D eigenvalue weighted by Crippen LogP contribution is -2.66. The number of carboxylic acids is 1. The average Bonchev–Trinajstić information content (AvgIpc) is 1.11. The predicted octanol–water partition coefficient (Wildman–Crippen LogP) is -3.69. The van der Waals surface area contributed by atoms with Gasteiger partial charge in [-0.3, -0.25) is 72.1 Å². The Morgan fingerprint density at radius 1 is 0.611 bits per heavy atom. The lowest BCUT2D eigenvalue weighted by molar-refractivity contribution is -0.141. The van der Waals surface area contributed by atoms with Crippen LogP contribution in [0.25, 0.3) is 0 Å². The van der Waals surface area contributed by atoms with Crippen LogP contribution >= 0.6 is 11.8 Å². The number of hydrogen-bond donors (Lipinski definition) is 18. The topological polar surface area (TPSA) is 577 Å². The lowest BCUT2D eigenvalue weighted by Gasteiger charge is -2.39. The minimum absolute atomic E-state index is 0.0102. The third kappa shape index (κ3) is 29.7. The van der Waals surface area contributed by atoms with Gasteiger partial charge in [0.25, 0.3) is 0 Å². The van der Waals surface area contributed by atoms with E-state index in [9.17, 15) is 72.2 Å². The number of hydrogen-bond acceptors (Lipinski definition) is 18. The quantitative estimate of drug-likeness (QED) is 0.0170. The Kier molecular flexibility index (Phi) is 35.2. The SMILES string of the molecule is CC[C@H](C)[C@H](NC(=O)[C@H](CCC(=O)O)NC(=O)C1(NC(=O)[C@@H](NC(=O)C(C)(C)N)C(C)C)CCCCC1)C(=O)N[C@@H](CCC(N)=O)C(=O)N[C@@H](CC(C)C)C(=O)N[C@@H](CCSC)C(=O)N[C@@H](Cc1cnc[nH]1)C(=O)N[C@@H](CCC(N)=O)C(=O)N[C@@H](CCCN=C(N)N)C(N)=O. The molecular weight excluding hydrogens is 1260 g/mol. The zero-order valence-corrected chi connectivity index (χ0v) is 56.8. The molecule has 534 valence electrons. The summed E-state index contributed by atoms with van der Waals surface area (Å²) in [5, 5.41) is 36.0. The van der Waals surface area contributed by atoms with Crippen LogP contribution in [0.2, 0.25) is 0 Å². The van der Waals surface area contributed by atoms with Gasteiger partial charge in [-0.15, -0.1) is 0 Å². The number of carbonyl (C=O) groups excluding carboxylic acids is 13. The maximum atomic E-state index is 14.5. The van der Waals surface area contributed by atoms with E-state index in [-0.39, 0.29) is 82.0 Å². The highest BCUT2D eigenvalue weighted by Crippen LogP contribution is 2.30. The molecule has 34 nitrogen and oxygen atoms in total. The van der Waals surface area contributed by atoms with E-state index in [0.29, 0.717) is 25.0 Å². The zero-order chi connectivity index (χ0) is 71.9. The van der Waals surface area contributed by atoms with E-state index in [4.69, 9.17) is 34.4 Å². The highest BCUT2D eigenvalue weighted by atomic mass is 32.2. The van der Waals surface area contributed by atoms with Crippen LogP contribution in [-0.2, 0) is 73.5 Å². The predicted molar refractivity (Wildman–Crippen MR) is 351 cm³/mol. The molecule has 2 rings (SSSR count). The number of aliphatic imine (C=N–C) groups is 1. The maximum absolute atomic E-state index is 14.5. The van der Waals surface area contributed by atoms with Gasteiger partial charge < -0.3 is 97.7 Å². The number of imidazole rings is 1. The molecule has 10 atom stereocenters. The van der Waals surface area contributed by atoms with Crippen molar-refractivity contribution in [3.05, 3.63) is 18.2 Å². The first-order chi connectivity index (χ1) is 44.4. The molecule has 24 N–H and O–H groups in total. The normalized spacial score (nSPS) is 16.0. The maximum Gasteiger partial charge on any atom is 0.303 e. The number of aliphatic carboxylic acids is 1. The number of carboxylic acid groups (broad SMARTS) is 1. The van der Waals surface area contributed by atoms with Gasteiger partial charge >= 0.3 is 5.97 Å². The number of nitrogens with two attached hydrogens (primary N) is 6. The number of aromatic nitrogens is 2. The summed E-state index contributed by atoms with van der Waals surface area (Å²) in [6.45, 7) is 13.2. The second kappa shape index (κ2) is 40.6. The highest BCUT2D eigenvalue weighted by Gasteiger charge is 2.45. The van der Waals surface area contributed by atoms with Crippen LogP contribution in [0.1, 0.15) is 164 Å². The van der Waals surface area contributed by atoms with Gasteiger partial charge in [-0.2, -0.15) is 11.8 Å². The lowest BCUT2D eigenvalue weighted by atomic mass is 9.80. The van der Waals surface area contributed by atoms with Gasteiger partial charge in [-0.25, -0.2) is 4.98 Å². The van der Waals surface area contributed by atoms with E-state index in [1.807, 2.05) is 0 Å². The van der Waals surface area contributed by atoms with Gasteiger partial charge in [0.1, 0.15) is 59.9 Å². The van der Waals surface area contributed by atoms with Crippen molar-refractivity contribution in [1.82, 2.24) is 63.1 Å². The van der Waals surface area contributed by atoms with Crippen LogP contribution in [-0.4, -0.2) is 188 Å². The van der Waals surface area contributed by atoms with Crippen LogP contribution in [0.3, 0.4) is 0 Å². The average molecular weight is 1360 g/mol. The molecule has 1 heterocycles. The van der Waals surface area contributed by atoms with E-state index >= 15 is 0 Å². The largest absolute Gasteiger partial charge is 0.481 e. The molecule has 95 heavy (non-hydrogen) atoms. The van der Waals surface area contributed by atoms with Crippen LogP contribution in [0, 0.1) is 17.8 Å². The summed E-state index contributed by atoms with van der Waals surface area (Å²) in [6.07, 6.45) is 3.68. The van der Waals surface area contributed by atoms with Crippen molar-refractivity contribution >= 4 is 100 Å². The standard InChI is InChI=1S/C60H103N19O15S/c1-10-33(6)46(77-51(88)38(18-21-44(82)83)76-57(94)60(23-12-11-13-24-60)79-55(92)45(32(4)5)78-56(93)59(7,8)66)54(91)73-37(17-20-43(62)81)49(86)74-40(27-31(2)3)52(89)72-39(22-26-95-9)50(87)75-41(28-34-29-67-30-69-34)53(90)71-36(16-19-42(61)80)48(85)70-35(47(63)84)15-14-25-68-58(64)65/h29-33,35-41,45-46H,10-28,66H2,1-9H3,(H2,61,80)(H2,62,81)(H2,63,84)(H,67,69)(H,70,85)(H,71,90)(H,72,89)(H,73,91)(H,74,86)(H,75,87)(H,76,94)(H,77,88)(H,78,93)(H,79,92)(H,82,83)(H4,64,65,68)/t33-,35-,36-,37-,38-,39-,40-,41-,45-,46-/m0/s1. The number of primary amides is 3. The summed E-state index contributed by atoms with van der Waals surface area (Å²) >= 11 is 1.31. The summed E-state index contributed by atoms with van der Waals surface area (Å²) in [5.41, 5.74) is 30.7. The van der Waals surface area contributed by atoms with Gasteiger partial charge in [0.15, 0.2) is 5.96 Å². The second-order valence-electron chi connectivity index (χ2n) is 25.3. The monoisotopic (exact) mass is 1360 g/mol. The Hall–Kier alpha value is -8.63. The number of aromatic amines is 1. The van der Waals surface area contributed by atoms with Crippen molar-refractivity contribution in [3.63, 3.8) is 0 Å². The highest BCUT2D eigenvalue weighted by molar-refractivity contribution is 7.98. The molecule has 13 amide bonds. The van der Waals surface area contributed by atoms with Crippen molar-refractivity contribution in [2.24, 2.45) is 57.1 Å². The number of nitrogens with one attached hydrogen (secondary N) is 11. The molecule has 35 heteroatoms. The van der Waals surface area contributed by atoms with Crippen molar-refractivity contribution in [1.29, 1.82) is 0 Å². The fourth-order valence-corrected chi connectivity index (χ4v) is 10.6. The zero-order valence-electron chi connectivity index (χ0n) is 55.9. The van der Waals surface area contributed by atoms with Gasteiger partial charge in [-0.05, 0) is 101 Å². The number of nitrogens with zero attached hydrogens (tertiary/aromatic N) is 2. The third-order valence-electron chi connectivity index (χ3n) is 15.8. The molecule has 0 bridgehead atoms. The minimum atomic E-state index is -1.61. The van der Waals surface area contributed by atoms with Crippen LogP contribution in [0.5, 0.6) is 0 Å². The van der Waals surface area contributed by atoms with Crippen molar-refractivity contribution in [2.45, 2.75) is 230 Å². The molecular formula is C60H103N19O15S. The van der Waals surface area contributed by atoms with E-state index in [2.05, 4.69) is 68.1 Å². The van der Waals surface area contributed by atoms with E-state index < -0.39 is 192 Å². The fraction of sp³-hybridized carbons (Fsp3) is 0.700. The number of rotatable bonds is 44. The Morgan fingerprint density at radius 2 is 1.09 bits per heavy atom. The summed E-state index contributed by atoms with van der Waals surface area (Å²) in [4.78, 5) is 201. The van der Waals surface area contributed by atoms with Crippen molar-refractivity contribution < 1.29 is 72.2 Å². The first-order valence-electron chi connectivity index (χ1n) is 31.9. The molecule has 0 aromatic carbocycles. The van der Waals surface area contributed by atoms with Gasteiger partial charge in [0.2, 0.25) is 76.8 Å². The van der Waals surface area contributed by atoms with Gasteiger partial charge in [0, 0.05) is 44.1 Å². The molecule has 1 aromatic rings. The number of H-pyrrole nitrogens is 1. The number of thioether (sulfide) groups is 1. The van der Waals surface area contributed by atoms with Gasteiger partial charge in [-0.1, -0.05) is 67.2 Å². The third-order valence-corrected chi connectivity index (χ3v) is 16.5. The smallest absolute Gasteiger partial charge is 0.303 e. The fourth-order valence-electron chi connectivity index (χ4n) is 10.1. The second-order valence-corrected chi connectivity index (χ2v) is 26.3. The molecule has 1 aliphatic rings. The number of carbonyl (C=O) groups is 14. The molecule has 0 saturated heterocycles. The Labute approximate surface area is 557 Å². The Morgan fingerprint density at radius 3 is 1.57 bits per heavy atom. The van der Waals surface area contributed by atoms with E-state index in [1.165, 1.54) is 38.1 Å². The minimum Gasteiger partial charge on any atom is -0.481 e. The molecule has 1 aromatic heterocycles. The molecule has 0 unspecified atom stereocenters. The molecule has 0 spiro atoms. The van der Waals surface area contributed by atoms with Gasteiger partial charge in [0.05, 0.1) is 11.9 Å². The number of guanidine groups is 1. The summed E-state index contributed by atoms with van der Waals surface area (Å²) in [6, 6.07) is -12.9. The van der Waals surface area contributed by atoms with Crippen LogP contribution < -0.4 is 87.6 Å². The Bertz CT molecular complexity index is 2820. The van der Waals surface area contributed by atoms with Crippen LogP contribution in [0.15, 0.2) is 17.5 Å². The van der Waals surface area contributed by atoms with E-state index in [0.717, 1.165) is 0 Å². The first-order valence-corrected chi connectivity index (χ1v) is 33.3. The van der Waals surface area contributed by atoms with E-state index in [1.54, 1.807) is 47.8 Å². The number of amides is 13. The summed E-state index contributed by atoms with van der Waals surface area (Å²) < 4.78 is 0. The van der Waals surface area contributed by atoms with Crippen molar-refractivity contribution in [2.75, 3.05) is 18.6 Å². The van der Waals surface area contributed by atoms with Crippen molar-refractivity contribution in [3.8, 4) is 0 Å². The molecule has 0 radical (unpaired) electrons. The summed E-state index contributed by atoms with van der Waals surface area (Å²) in [5.74, 6) is -14.1. The molecule has 1 fully saturated rings. The Balaban J connectivity index is 2.53.